The molecule has 6 heteroatoms. The van der Waals surface area contributed by atoms with Crippen molar-refractivity contribution in [2.24, 2.45) is 5.92 Å². The first kappa shape index (κ1) is 16.2. The second kappa shape index (κ2) is 6.84. The summed E-state index contributed by atoms with van der Waals surface area (Å²) >= 11 is 5.88. The molecule has 2 aromatic carbocycles. The van der Waals surface area contributed by atoms with Crippen LogP contribution in [0, 0.1) is 5.92 Å². The van der Waals surface area contributed by atoms with Gasteiger partial charge in [0.1, 0.15) is 0 Å². The Hall–Kier alpha value is -2.66. The van der Waals surface area contributed by atoms with Crippen LogP contribution >= 0.6 is 11.6 Å². The highest BCUT2D eigenvalue weighted by Gasteiger charge is 2.12. The van der Waals surface area contributed by atoms with Gasteiger partial charge in [0.05, 0.1) is 0 Å². The molecule has 0 bridgehead atoms. The minimum atomic E-state index is -0.0893. The maximum Gasteiger partial charge on any atom is 0.258 e. The third-order valence-corrected chi connectivity index (χ3v) is 3.68. The molecule has 1 aromatic heterocycles. The van der Waals surface area contributed by atoms with Gasteiger partial charge in [-0.3, -0.25) is 4.79 Å². The lowest BCUT2D eigenvalue weighted by Gasteiger charge is -2.07. The predicted molar refractivity (Wildman–Crippen MR) is 93.6 cm³/mol. The number of carbonyl (C=O) groups excluding carboxylic acids is 1. The van der Waals surface area contributed by atoms with Crippen molar-refractivity contribution in [1.29, 1.82) is 0 Å². The van der Waals surface area contributed by atoms with E-state index < -0.39 is 0 Å². The number of rotatable bonds is 4. The van der Waals surface area contributed by atoms with Gasteiger partial charge in [-0.2, -0.15) is 4.98 Å². The molecule has 1 N–H and O–H groups in total. The van der Waals surface area contributed by atoms with Crippen molar-refractivity contribution in [3.05, 3.63) is 53.6 Å². The van der Waals surface area contributed by atoms with E-state index in [1.165, 1.54) is 0 Å². The molecule has 0 atom stereocenters. The third-order valence-electron chi connectivity index (χ3n) is 3.43. The number of hydrogen-bond acceptors (Lipinski definition) is 4. The summed E-state index contributed by atoms with van der Waals surface area (Å²) in [5.41, 5.74) is 2.25. The lowest BCUT2D eigenvalue weighted by atomic mass is 10.1. The summed E-state index contributed by atoms with van der Waals surface area (Å²) in [6.07, 6.45) is 0. The number of aromatic nitrogens is 2. The number of anilines is 1. The zero-order valence-electron chi connectivity index (χ0n) is 13.3. The Morgan fingerprint density at radius 2 is 1.88 bits per heavy atom. The van der Waals surface area contributed by atoms with Crippen molar-refractivity contribution >= 4 is 23.2 Å². The van der Waals surface area contributed by atoms with Gasteiger partial charge in [0.25, 0.3) is 5.89 Å². The zero-order valence-corrected chi connectivity index (χ0v) is 14.0. The van der Waals surface area contributed by atoms with Gasteiger partial charge in [0.2, 0.25) is 11.7 Å². The van der Waals surface area contributed by atoms with Crippen LogP contribution in [-0.4, -0.2) is 16.0 Å². The van der Waals surface area contributed by atoms with Crippen LogP contribution in [0.1, 0.15) is 13.8 Å². The van der Waals surface area contributed by atoms with Crippen molar-refractivity contribution in [2.45, 2.75) is 13.8 Å². The average Bonchev–Trinajstić information content (AvgIpc) is 3.05. The molecule has 5 nitrogen and oxygen atoms in total. The van der Waals surface area contributed by atoms with Gasteiger partial charge in [-0.15, -0.1) is 0 Å². The van der Waals surface area contributed by atoms with Crippen LogP contribution in [0.3, 0.4) is 0 Å². The highest BCUT2D eigenvalue weighted by Crippen LogP contribution is 2.25. The largest absolute Gasteiger partial charge is 0.334 e. The molecule has 0 fully saturated rings. The SMILES string of the molecule is CC(C)C(=O)Nc1cccc(-c2nc(-c3ccc(Cl)cc3)no2)c1. The van der Waals surface area contributed by atoms with Crippen molar-refractivity contribution < 1.29 is 9.32 Å². The molecular weight excluding hydrogens is 326 g/mol. The molecule has 0 spiro atoms. The standard InChI is InChI=1S/C18H16ClN3O2/c1-11(2)17(23)20-15-5-3-4-13(10-15)18-21-16(22-24-18)12-6-8-14(19)9-7-12/h3-11H,1-2H3,(H,20,23). The Kier molecular flexibility index (Phi) is 4.62. The Morgan fingerprint density at radius 1 is 1.12 bits per heavy atom. The molecule has 0 saturated carbocycles. The van der Waals surface area contributed by atoms with Gasteiger partial charge in [-0.25, -0.2) is 0 Å². The molecular formula is C18H16ClN3O2. The first-order valence-electron chi connectivity index (χ1n) is 7.54. The summed E-state index contributed by atoms with van der Waals surface area (Å²) < 4.78 is 5.34. The van der Waals surface area contributed by atoms with Crippen LogP contribution in [0.15, 0.2) is 53.1 Å². The fourth-order valence-electron chi connectivity index (χ4n) is 2.07. The molecule has 0 aliphatic carbocycles. The summed E-state index contributed by atoms with van der Waals surface area (Å²) in [4.78, 5) is 16.2. The van der Waals surface area contributed by atoms with Crippen molar-refractivity contribution in [3.63, 3.8) is 0 Å². The molecule has 122 valence electrons. The van der Waals surface area contributed by atoms with Crippen molar-refractivity contribution in [2.75, 3.05) is 5.32 Å². The Morgan fingerprint density at radius 3 is 2.58 bits per heavy atom. The number of hydrogen-bond donors (Lipinski definition) is 1. The van der Waals surface area contributed by atoms with Gasteiger partial charge < -0.3 is 9.84 Å². The number of benzene rings is 2. The minimum absolute atomic E-state index is 0.0421. The fourth-order valence-corrected chi connectivity index (χ4v) is 2.20. The van der Waals surface area contributed by atoms with Crippen LogP contribution in [0.2, 0.25) is 5.02 Å². The lowest BCUT2D eigenvalue weighted by molar-refractivity contribution is -0.118. The molecule has 0 aliphatic rings. The molecule has 3 rings (SSSR count). The Bertz CT molecular complexity index is 857. The van der Waals surface area contributed by atoms with Gasteiger partial charge in [-0.1, -0.05) is 36.7 Å². The highest BCUT2D eigenvalue weighted by atomic mass is 35.5. The molecule has 0 aliphatic heterocycles. The first-order chi connectivity index (χ1) is 11.5. The van der Waals surface area contributed by atoms with Gasteiger partial charge in [-0.05, 0) is 42.5 Å². The molecule has 1 amide bonds. The summed E-state index contributed by atoms with van der Waals surface area (Å²) in [5.74, 6) is 0.743. The van der Waals surface area contributed by atoms with Crippen LogP contribution in [0.25, 0.3) is 22.8 Å². The number of carbonyl (C=O) groups is 1. The third kappa shape index (κ3) is 3.63. The topological polar surface area (TPSA) is 68.0 Å². The second-order valence-corrected chi connectivity index (χ2v) is 6.09. The molecule has 0 radical (unpaired) electrons. The Balaban J connectivity index is 1.85. The molecule has 0 unspecified atom stereocenters. The van der Waals surface area contributed by atoms with E-state index in [0.29, 0.717) is 22.4 Å². The summed E-state index contributed by atoms with van der Waals surface area (Å²) in [5, 5.41) is 7.50. The number of nitrogens with one attached hydrogen (secondary N) is 1. The maximum atomic E-state index is 11.8. The van der Waals surface area contributed by atoms with Gasteiger partial charge in [0.15, 0.2) is 0 Å². The van der Waals surface area contributed by atoms with E-state index in [9.17, 15) is 4.79 Å². The van der Waals surface area contributed by atoms with Crippen LogP contribution in [0.5, 0.6) is 0 Å². The van der Waals surface area contributed by atoms with Crippen LogP contribution in [0.4, 0.5) is 5.69 Å². The summed E-state index contributed by atoms with van der Waals surface area (Å²) in [6.45, 7) is 3.69. The number of halogens is 1. The van der Waals surface area contributed by atoms with E-state index in [-0.39, 0.29) is 11.8 Å². The van der Waals surface area contributed by atoms with E-state index in [1.807, 2.05) is 44.2 Å². The molecule has 24 heavy (non-hydrogen) atoms. The first-order valence-corrected chi connectivity index (χ1v) is 7.91. The number of amides is 1. The lowest BCUT2D eigenvalue weighted by Crippen LogP contribution is -2.17. The van der Waals surface area contributed by atoms with Gasteiger partial charge in [0, 0.05) is 27.8 Å². The highest BCUT2D eigenvalue weighted by molar-refractivity contribution is 6.30. The van der Waals surface area contributed by atoms with Crippen LogP contribution < -0.4 is 5.32 Å². The van der Waals surface area contributed by atoms with Gasteiger partial charge >= 0.3 is 0 Å². The molecule has 3 aromatic rings. The smallest absolute Gasteiger partial charge is 0.258 e. The predicted octanol–water partition coefficient (Wildman–Crippen LogP) is 4.65. The average molecular weight is 342 g/mol. The summed E-state index contributed by atoms with van der Waals surface area (Å²) in [6, 6.07) is 14.5. The van der Waals surface area contributed by atoms with E-state index in [2.05, 4.69) is 15.5 Å². The van der Waals surface area contributed by atoms with E-state index >= 15 is 0 Å². The van der Waals surface area contributed by atoms with Crippen LogP contribution in [-0.2, 0) is 4.79 Å². The fraction of sp³-hybridized carbons (Fsp3) is 0.167. The monoisotopic (exact) mass is 341 g/mol. The second-order valence-electron chi connectivity index (χ2n) is 5.65. The molecule has 0 saturated heterocycles. The Labute approximate surface area is 144 Å². The normalized spacial score (nSPS) is 10.8. The van der Waals surface area contributed by atoms with E-state index in [0.717, 1.165) is 11.1 Å². The summed E-state index contributed by atoms with van der Waals surface area (Å²) in [7, 11) is 0. The number of nitrogens with zero attached hydrogens (tertiary/aromatic N) is 2. The zero-order chi connectivity index (χ0) is 17.1. The van der Waals surface area contributed by atoms with Crippen molar-refractivity contribution in [3.8, 4) is 22.8 Å². The van der Waals surface area contributed by atoms with E-state index in [1.54, 1.807) is 18.2 Å². The minimum Gasteiger partial charge on any atom is -0.334 e. The van der Waals surface area contributed by atoms with Crippen molar-refractivity contribution in [1.82, 2.24) is 10.1 Å². The maximum absolute atomic E-state index is 11.8. The molecule has 1 heterocycles. The quantitative estimate of drug-likeness (QED) is 0.749. The van der Waals surface area contributed by atoms with E-state index in [4.69, 9.17) is 16.1 Å².